The van der Waals surface area contributed by atoms with Gasteiger partial charge in [0.2, 0.25) is 0 Å². The number of rotatable bonds is 6. The molecule has 0 saturated carbocycles. The molecule has 0 aromatic carbocycles. The summed E-state index contributed by atoms with van der Waals surface area (Å²) in [6, 6.07) is 0. The molecule has 0 amide bonds. The highest BCUT2D eigenvalue weighted by molar-refractivity contribution is 4.94. The molecule has 0 bridgehead atoms. The summed E-state index contributed by atoms with van der Waals surface area (Å²) in [6.07, 6.45) is 6.03. The van der Waals surface area contributed by atoms with Crippen LogP contribution in [0.1, 0.15) is 18.7 Å². The summed E-state index contributed by atoms with van der Waals surface area (Å²) in [4.78, 5) is 9.36. The molecular formula is C17H30N4O2. The molecule has 2 saturated heterocycles. The summed E-state index contributed by atoms with van der Waals surface area (Å²) < 4.78 is 2.07. The van der Waals surface area contributed by atoms with Crippen molar-refractivity contribution in [1.82, 2.24) is 19.4 Å². The van der Waals surface area contributed by atoms with Gasteiger partial charge in [0.15, 0.2) is 0 Å². The zero-order valence-corrected chi connectivity index (χ0v) is 14.1. The smallest absolute Gasteiger partial charge is 0.122 e. The zero-order chi connectivity index (χ0) is 16.2. The Hall–Kier alpha value is -0.950. The van der Waals surface area contributed by atoms with Crippen molar-refractivity contribution in [3.05, 3.63) is 18.2 Å². The summed E-state index contributed by atoms with van der Waals surface area (Å²) in [5.41, 5.74) is 0. The lowest BCUT2D eigenvalue weighted by molar-refractivity contribution is 0.106. The second-order valence-corrected chi connectivity index (χ2v) is 7.28. The fourth-order valence-electron chi connectivity index (χ4n) is 4.01. The number of hydrogen-bond acceptors (Lipinski definition) is 5. The van der Waals surface area contributed by atoms with E-state index in [2.05, 4.69) is 19.4 Å². The fraction of sp³-hybridized carbons (Fsp3) is 0.824. The molecule has 3 heterocycles. The molecule has 2 aliphatic heterocycles. The van der Waals surface area contributed by atoms with Crippen LogP contribution in [0.25, 0.3) is 0 Å². The zero-order valence-electron chi connectivity index (χ0n) is 14.1. The predicted molar refractivity (Wildman–Crippen MR) is 88.8 cm³/mol. The third kappa shape index (κ3) is 4.12. The van der Waals surface area contributed by atoms with Gasteiger partial charge in [0.25, 0.3) is 0 Å². The van der Waals surface area contributed by atoms with Gasteiger partial charge in [0.1, 0.15) is 5.82 Å². The third-order valence-corrected chi connectivity index (χ3v) is 5.63. The molecule has 1 aromatic rings. The molecule has 0 spiro atoms. The van der Waals surface area contributed by atoms with E-state index in [4.69, 9.17) is 0 Å². The van der Waals surface area contributed by atoms with Crippen LogP contribution < -0.4 is 0 Å². The van der Waals surface area contributed by atoms with Gasteiger partial charge in [0, 0.05) is 52.3 Å². The number of aromatic nitrogens is 2. The van der Waals surface area contributed by atoms with Gasteiger partial charge in [-0.3, -0.25) is 4.90 Å². The lowest BCUT2D eigenvalue weighted by atomic mass is 9.93. The Bertz CT molecular complexity index is 485. The van der Waals surface area contributed by atoms with E-state index in [1.54, 1.807) is 0 Å². The van der Waals surface area contributed by atoms with Gasteiger partial charge in [-0.15, -0.1) is 0 Å². The first-order chi connectivity index (χ1) is 11.2. The van der Waals surface area contributed by atoms with Crippen LogP contribution in [0, 0.1) is 17.8 Å². The van der Waals surface area contributed by atoms with E-state index in [-0.39, 0.29) is 6.61 Å². The first-order valence-corrected chi connectivity index (χ1v) is 8.82. The minimum atomic E-state index is 0.273. The number of hydrogen-bond donors (Lipinski definition) is 2. The highest BCUT2D eigenvalue weighted by atomic mass is 16.3. The molecule has 130 valence electrons. The van der Waals surface area contributed by atoms with Gasteiger partial charge in [0.05, 0.1) is 6.54 Å². The largest absolute Gasteiger partial charge is 0.396 e. The average molecular weight is 322 g/mol. The van der Waals surface area contributed by atoms with Crippen LogP contribution in [0.2, 0.25) is 0 Å². The van der Waals surface area contributed by atoms with Crippen molar-refractivity contribution >= 4 is 0 Å². The lowest BCUT2D eigenvalue weighted by Crippen LogP contribution is -2.40. The molecule has 0 radical (unpaired) electrons. The SMILES string of the molecule is Cn1ccnc1CN1C[C@@H](CN2CCC(CO)CC2)[C@@H](CO)C1. The van der Waals surface area contributed by atoms with E-state index in [1.165, 1.54) is 0 Å². The number of aliphatic hydroxyl groups excluding tert-OH is 2. The van der Waals surface area contributed by atoms with Gasteiger partial charge in [-0.2, -0.15) is 0 Å². The quantitative estimate of drug-likeness (QED) is 0.781. The molecule has 23 heavy (non-hydrogen) atoms. The molecule has 0 unspecified atom stereocenters. The summed E-state index contributed by atoms with van der Waals surface area (Å²) in [6.45, 7) is 6.70. The third-order valence-electron chi connectivity index (χ3n) is 5.63. The Morgan fingerprint density at radius 2 is 1.83 bits per heavy atom. The Balaban J connectivity index is 1.52. The molecule has 2 aliphatic rings. The van der Waals surface area contributed by atoms with E-state index in [9.17, 15) is 10.2 Å². The Labute approximate surface area is 138 Å². The normalized spacial score (nSPS) is 27.8. The van der Waals surface area contributed by atoms with Crippen molar-refractivity contribution in [2.75, 3.05) is 45.9 Å². The number of aryl methyl sites for hydroxylation is 1. The molecular weight excluding hydrogens is 292 g/mol. The van der Waals surface area contributed by atoms with E-state index in [0.717, 1.165) is 57.9 Å². The molecule has 6 heteroatoms. The maximum atomic E-state index is 9.75. The van der Waals surface area contributed by atoms with Crippen LogP contribution >= 0.6 is 0 Å². The van der Waals surface area contributed by atoms with Gasteiger partial charge >= 0.3 is 0 Å². The molecule has 2 N–H and O–H groups in total. The first kappa shape index (κ1) is 16.9. The first-order valence-electron chi connectivity index (χ1n) is 8.82. The van der Waals surface area contributed by atoms with E-state index >= 15 is 0 Å². The second kappa shape index (κ2) is 7.75. The number of aliphatic hydroxyl groups is 2. The minimum Gasteiger partial charge on any atom is -0.396 e. The van der Waals surface area contributed by atoms with Crippen molar-refractivity contribution in [2.24, 2.45) is 24.8 Å². The monoisotopic (exact) mass is 322 g/mol. The maximum Gasteiger partial charge on any atom is 0.122 e. The average Bonchev–Trinajstić information content (AvgIpc) is 3.15. The summed E-state index contributed by atoms with van der Waals surface area (Å²) in [5.74, 6) is 2.48. The van der Waals surface area contributed by atoms with Crippen molar-refractivity contribution in [1.29, 1.82) is 0 Å². The van der Waals surface area contributed by atoms with Crippen molar-refractivity contribution in [3.8, 4) is 0 Å². The lowest BCUT2D eigenvalue weighted by Gasteiger charge is -2.33. The van der Waals surface area contributed by atoms with Crippen molar-refractivity contribution in [3.63, 3.8) is 0 Å². The number of likely N-dealkylation sites (tertiary alicyclic amines) is 2. The van der Waals surface area contributed by atoms with E-state index in [1.807, 2.05) is 19.4 Å². The second-order valence-electron chi connectivity index (χ2n) is 7.28. The number of piperidine rings is 1. The van der Waals surface area contributed by atoms with E-state index < -0.39 is 0 Å². The van der Waals surface area contributed by atoms with Gasteiger partial charge < -0.3 is 19.7 Å². The summed E-state index contributed by atoms with van der Waals surface area (Å²) in [7, 11) is 2.03. The Morgan fingerprint density at radius 1 is 1.09 bits per heavy atom. The molecule has 1 aromatic heterocycles. The van der Waals surface area contributed by atoms with Crippen LogP contribution in [0.15, 0.2) is 12.4 Å². The van der Waals surface area contributed by atoms with Gasteiger partial charge in [-0.1, -0.05) is 0 Å². The Kier molecular flexibility index (Phi) is 5.69. The molecule has 2 fully saturated rings. The molecule has 6 nitrogen and oxygen atoms in total. The summed E-state index contributed by atoms with van der Waals surface area (Å²) in [5, 5.41) is 19.0. The van der Waals surface area contributed by atoms with Crippen LogP contribution in [-0.2, 0) is 13.6 Å². The van der Waals surface area contributed by atoms with Crippen molar-refractivity contribution < 1.29 is 10.2 Å². The number of imidazole rings is 1. The predicted octanol–water partition coefficient (Wildman–Crippen LogP) is 0.165. The van der Waals surface area contributed by atoms with Crippen LogP contribution in [0.4, 0.5) is 0 Å². The van der Waals surface area contributed by atoms with Crippen LogP contribution in [0.5, 0.6) is 0 Å². The summed E-state index contributed by atoms with van der Waals surface area (Å²) >= 11 is 0. The minimum absolute atomic E-state index is 0.273. The van der Waals surface area contributed by atoms with Gasteiger partial charge in [-0.25, -0.2) is 4.98 Å². The van der Waals surface area contributed by atoms with Crippen LogP contribution in [0.3, 0.4) is 0 Å². The standard InChI is InChI=1S/C17H30N4O2/c1-19-7-4-18-17(19)11-21-9-15(16(10-21)13-23)8-20-5-2-14(12-22)3-6-20/h4,7,14-16,22-23H,2-3,5-6,8-13H2,1H3/t15-,16-/m1/s1. The topological polar surface area (TPSA) is 64.8 Å². The Morgan fingerprint density at radius 3 is 2.43 bits per heavy atom. The van der Waals surface area contributed by atoms with Crippen molar-refractivity contribution in [2.45, 2.75) is 19.4 Å². The maximum absolute atomic E-state index is 9.75. The molecule has 3 rings (SSSR count). The highest BCUT2D eigenvalue weighted by Crippen LogP contribution is 2.27. The van der Waals surface area contributed by atoms with E-state index in [0.29, 0.717) is 24.4 Å². The molecule has 0 aliphatic carbocycles. The number of nitrogens with zero attached hydrogens (tertiary/aromatic N) is 4. The van der Waals surface area contributed by atoms with Crippen LogP contribution in [-0.4, -0.2) is 75.5 Å². The molecule has 2 atom stereocenters. The fourth-order valence-corrected chi connectivity index (χ4v) is 4.01. The van der Waals surface area contributed by atoms with Gasteiger partial charge in [-0.05, 0) is 43.7 Å². The highest BCUT2D eigenvalue weighted by Gasteiger charge is 2.34.